The van der Waals surface area contributed by atoms with Crippen molar-refractivity contribution in [2.75, 3.05) is 0 Å². The summed E-state index contributed by atoms with van der Waals surface area (Å²) < 4.78 is 0. The molecule has 0 saturated carbocycles. The first-order chi connectivity index (χ1) is 7.15. The monoisotopic (exact) mass is 207 g/mol. The molecule has 0 radical (unpaired) electrons. The maximum absolute atomic E-state index is 9.42. The number of hydrogen-bond donors (Lipinski definition) is 2. The van der Waals surface area contributed by atoms with Crippen molar-refractivity contribution < 1.29 is 5.11 Å². The molecule has 82 valence electrons. The van der Waals surface area contributed by atoms with Crippen LogP contribution in [0.1, 0.15) is 26.0 Å². The molecule has 4 heteroatoms. The van der Waals surface area contributed by atoms with Crippen molar-refractivity contribution in [3.8, 4) is 0 Å². The van der Waals surface area contributed by atoms with E-state index in [2.05, 4.69) is 9.98 Å². The Morgan fingerprint density at radius 1 is 1.60 bits per heavy atom. The maximum atomic E-state index is 9.42. The first kappa shape index (κ1) is 11.7. The summed E-state index contributed by atoms with van der Waals surface area (Å²) in [5.74, 6) is 0.378. The first-order valence-electron chi connectivity index (χ1n) is 5.08. The summed E-state index contributed by atoms with van der Waals surface area (Å²) in [5.41, 5.74) is 6.44. The Bertz CT molecular complexity index is 322. The molecule has 4 nitrogen and oxygen atoms in total. The molecular weight excluding hydrogens is 190 g/mol. The lowest BCUT2D eigenvalue weighted by Gasteiger charge is -2.13. The molecule has 1 aromatic heterocycles. The quantitative estimate of drug-likeness (QED) is 0.570. The van der Waals surface area contributed by atoms with E-state index in [-0.39, 0.29) is 6.04 Å². The van der Waals surface area contributed by atoms with Gasteiger partial charge in [0.25, 0.3) is 0 Å². The summed E-state index contributed by atoms with van der Waals surface area (Å²) in [6, 6.07) is 5.32. The van der Waals surface area contributed by atoms with Gasteiger partial charge in [0.2, 0.25) is 0 Å². The molecule has 0 amide bonds. The number of rotatable bonds is 4. The van der Waals surface area contributed by atoms with Gasteiger partial charge in [-0.05, 0) is 25.5 Å². The van der Waals surface area contributed by atoms with Crippen LogP contribution in [0.3, 0.4) is 0 Å². The highest BCUT2D eigenvalue weighted by Crippen LogP contribution is 2.05. The lowest BCUT2D eigenvalue weighted by atomic mass is 10.1. The van der Waals surface area contributed by atoms with Crippen molar-refractivity contribution in [1.29, 1.82) is 0 Å². The second-order valence-corrected chi connectivity index (χ2v) is 3.45. The van der Waals surface area contributed by atoms with Crippen LogP contribution in [0.5, 0.6) is 0 Å². The first-order valence-corrected chi connectivity index (χ1v) is 5.08. The van der Waals surface area contributed by atoms with Gasteiger partial charge in [0.05, 0.1) is 12.1 Å². The molecule has 2 unspecified atom stereocenters. The van der Waals surface area contributed by atoms with Crippen LogP contribution in [0.4, 0.5) is 0 Å². The highest BCUT2D eigenvalue weighted by atomic mass is 16.3. The molecule has 3 N–H and O–H groups in total. The molecule has 0 aliphatic heterocycles. The number of pyridine rings is 1. The zero-order valence-corrected chi connectivity index (χ0v) is 9.09. The van der Waals surface area contributed by atoms with Crippen LogP contribution >= 0.6 is 0 Å². The fraction of sp³-hybridized carbons (Fsp3) is 0.455. The summed E-state index contributed by atoms with van der Waals surface area (Å²) in [6.45, 7) is 3.68. The summed E-state index contributed by atoms with van der Waals surface area (Å²) in [5, 5.41) is 9.42. The molecule has 1 heterocycles. The second kappa shape index (κ2) is 5.46. The number of hydrogen-bond acceptors (Lipinski definition) is 3. The molecule has 15 heavy (non-hydrogen) atoms. The smallest absolute Gasteiger partial charge is 0.145 e. The van der Waals surface area contributed by atoms with Crippen LogP contribution in [-0.2, 0) is 0 Å². The summed E-state index contributed by atoms with van der Waals surface area (Å²) in [4.78, 5) is 8.33. The zero-order chi connectivity index (χ0) is 11.3. The normalized spacial score (nSPS) is 16.1. The SMILES string of the molecule is CCC(N=C(N)c1ccccn1)C(C)O. The van der Waals surface area contributed by atoms with Gasteiger partial charge in [0.15, 0.2) is 0 Å². The fourth-order valence-corrected chi connectivity index (χ4v) is 1.30. The Morgan fingerprint density at radius 2 is 2.33 bits per heavy atom. The number of nitrogens with zero attached hydrogens (tertiary/aromatic N) is 2. The van der Waals surface area contributed by atoms with Crippen LogP contribution in [0, 0.1) is 0 Å². The summed E-state index contributed by atoms with van der Waals surface area (Å²) >= 11 is 0. The molecule has 0 saturated heterocycles. The molecular formula is C11H17N3O. The molecule has 0 spiro atoms. The number of aromatic nitrogens is 1. The molecule has 2 atom stereocenters. The minimum Gasteiger partial charge on any atom is -0.391 e. The van der Waals surface area contributed by atoms with Gasteiger partial charge in [0, 0.05) is 6.20 Å². The van der Waals surface area contributed by atoms with E-state index in [1.165, 1.54) is 0 Å². The van der Waals surface area contributed by atoms with Crippen LogP contribution in [-0.4, -0.2) is 28.1 Å². The van der Waals surface area contributed by atoms with Crippen LogP contribution < -0.4 is 5.73 Å². The van der Waals surface area contributed by atoms with E-state index in [0.29, 0.717) is 11.5 Å². The van der Waals surface area contributed by atoms with Gasteiger partial charge in [0.1, 0.15) is 11.5 Å². The van der Waals surface area contributed by atoms with Crippen molar-refractivity contribution in [2.45, 2.75) is 32.4 Å². The van der Waals surface area contributed by atoms with Gasteiger partial charge in [-0.2, -0.15) is 0 Å². The van der Waals surface area contributed by atoms with E-state index < -0.39 is 6.10 Å². The predicted octanol–water partition coefficient (Wildman–Crippen LogP) is 0.946. The molecule has 0 aliphatic carbocycles. The molecule has 1 rings (SSSR count). The zero-order valence-electron chi connectivity index (χ0n) is 9.09. The largest absolute Gasteiger partial charge is 0.391 e. The Kier molecular flexibility index (Phi) is 4.24. The molecule has 1 aromatic rings. The van der Waals surface area contributed by atoms with Gasteiger partial charge < -0.3 is 10.8 Å². The standard InChI is InChI=1S/C11H17N3O/c1-3-9(8(2)15)14-11(12)10-6-4-5-7-13-10/h4-9,15H,3H2,1-2H3,(H2,12,14). The van der Waals surface area contributed by atoms with Crippen LogP contribution in [0.25, 0.3) is 0 Å². The van der Waals surface area contributed by atoms with Gasteiger partial charge >= 0.3 is 0 Å². The van der Waals surface area contributed by atoms with Crippen molar-refractivity contribution in [3.05, 3.63) is 30.1 Å². The second-order valence-electron chi connectivity index (χ2n) is 3.45. The number of aliphatic hydroxyl groups excluding tert-OH is 1. The van der Waals surface area contributed by atoms with Crippen molar-refractivity contribution in [2.24, 2.45) is 10.7 Å². The maximum Gasteiger partial charge on any atom is 0.145 e. The molecule has 0 bridgehead atoms. The lowest BCUT2D eigenvalue weighted by Crippen LogP contribution is -2.25. The minimum atomic E-state index is -0.489. The summed E-state index contributed by atoms with van der Waals surface area (Å²) in [6.07, 6.45) is 1.93. The van der Waals surface area contributed by atoms with E-state index >= 15 is 0 Å². The third-order valence-corrected chi connectivity index (χ3v) is 2.21. The third-order valence-electron chi connectivity index (χ3n) is 2.21. The van der Waals surface area contributed by atoms with Crippen LogP contribution in [0.2, 0.25) is 0 Å². The van der Waals surface area contributed by atoms with Gasteiger partial charge in [-0.3, -0.25) is 9.98 Å². The average molecular weight is 207 g/mol. The Hall–Kier alpha value is -1.42. The van der Waals surface area contributed by atoms with Crippen LogP contribution in [0.15, 0.2) is 29.4 Å². The van der Waals surface area contributed by atoms with Gasteiger partial charge in [-0.25, -0.2) is 0 Å². The van der Waals surface area contributed by atoms with Gasteiger partial charge in [-0.15, -0.1) is 0 Å². The van der Waals surface area contributed by atoms with Crippen molar-refractivity contribution in [3.63, 3.8) is 0 Å². The summed E-state index contributed by atoms with van der Waals surface area (Å²) in [7, 11) is 0. The number of amidine groups is 1. The highest BCUT2D eigenvalue weighted by molar-refractivity contribution is 5.95. The molecule has 0 fully saturated rings. The predicted molar refractivity (Wildman–Crippen MR) is 60.7 cm³/mol. The number of aliphatic hydroxyl groups is 1. The van der Waals surface area contributed by atoms with E-state index in [1.807, 2.05) is 19.1 Å². The van der Waals surface area contributed by atoms with E-state index in [4.69, 9.17) is 5.73 Å². The van der Waals surface area contributed by atoms with E-state index in [1.54, 1.807) is 19.2 Å². The van der Waals surface area contributed by atoms with E-state index in [0.717, 1.165) is 6.42 Å². The van der Waals surface area contributed by atoms with Gasteiger partial charge in [-0.1, -0.05) is 13.0 Å². The van der Waals surface area contributed by atoms with Crippen molar-refractivity contribution in [1.82, 2.24) is 4.98 Å². The molecule has 0 aliphatic rings. The fourth-order valence-electron chi connectivity index (χ4n) is 1.30. The minimum absolute atomic E-state index is 0.160. The topological polar surface area (TPSA) is 71.5 Å². The molecule has 0 aromatic carbocycles. The average Bonchev–Trinajstić information content (AvgIpc) is 2.26. The Morgan fingerprint density at radius 3 is 2.80 bits per heavy atom. The number of nitrogens with two attached hydrogens (primary N) is 1. The Balaban J connectivity index is 2.83. The number of aliphatic imine (C=N–C) groups is 1. The highest BCUT2D eigenvalue weighted by Gasteiger charge is 2.12. The van der Waals surface area contributed by atoms with Crippen molar-refractivity contribution >= 4 is 5.84 Å². The Labute approximate surface area is 89.9 Å². The third kappa shape index (κ3) is 3.32. The van der Waals surface area contributed by atoms with E-state index in [9.17, 15) is 5.11 Å². The lowest BCUT2D eigenvalue weighted by molar-refractivity contribution is 0.162.